The summed E-state index contributed by atoms with van der Waals surface area (Å²) in [5.41, 5.74) is 3.72. The maximum absolute atomic E-state index is 9.12. The van der Waals surface area contributed by atoms with E-state index in [9.17, 15) is 0 Å². The van der Waals surface area contributed by atoms with Gasteiger partial charge in [0.15, 0.2) is 0 Å². The monoisotopic (exact) mass is 303 g/mol. The summed E-state index contributed by atoms with van der Waals surface area (Å²) in [5.74, 6) is 0.551. The minimum Gasteiger partial charge on any atom is -0.394 e. The van der Waals surface area contributed by atoms with Gasteiger partial charge in [0, 0.05) is 37.6 Å². The normalized spacial score (nSPS) is 17.2. The van der Waals surface area contributed by atoms with E-state index < -0.39 is 0 Å². The van der Waals surface area contributed by atoms with E-state index in [1.807, 2.05) is 22.6 Å². The average molecular weight is 303 g/mol. The molecule has 0 unspecified atom stereocenters. The number of aryl methyl sites for hydroxylation is 2. The number of aromatic nitrogens is 4. The van der Waals surface area contributed by atoms with Crippen molar-refractivity contribution < 1.29 is 5.11 Å². The summed E-state index contributed by atoms with van der Waals surface area (Å²) in [7, 11) is 1.98. The molecule has 0 amide bonds. The molecule has 120 valence electrons. The topological polar surface area (TPSA) is 59.1 Å². The molecule has 0 atom stereocenters. The second kappa shape index (κ2) is 6.62. The number of hydrogen-bond acceptors (Lipinski definition) is 4. The number of aliphatic hydroxyl groups excluding tert-OH is 1. The average Bonchev–Trinajstić information content (AvgIpc) is 3.07. The molecule has 3 rings (SSSR count). The third kappa shape index (κ3) is 3.23. The van der Waals surface area contributed by atoms with Gasteiger partial charge in [-0.05, 0) is 44.5 Å². The van der Waals surface area contributed by atoms with Crippen molar-refractivity contribution in [1.29, 1.82) is 0 Å². The van der Waals surface area contributed by atoms with Crippen molar-refractivity contribution in [3.63, 3.8) is 0 Å². The van der Waals surface area contributed by atoms with Gasteiger partial charge in [0.25, 0.3) is 0 Å². The summed E-state index contributed by atoms with van der Waals surface area (Å²) in [6, 6.07) is 2.10. The summed E-state index contributed by atoms with van der Waals surface area (Å²) in [5, 5.41) is 18.0. The van der Waals surface area contributed by atoms with E-state index in [4.69, 9.17) is 5.11 Å². The molecule has 1 fully saturated rings. The van der Waals surface area contributed by atoms with Crippen LogP contribution in [0.5, 0.6) is 0 Å². The van der Waals surface area contributed by atoms with E-state index in [0.29, 0.717) is 12.5 Å². The molecule has 6 heteroatoms. The van der Waals surface area contributed by atoms with Crippen LogP contribution >= 0.6 is 0 Å². The van der Waals surface area contributed by atoms with Crippen LogP contribution in [0, 0.1) is 6.92 Å². The molecule has 0 aliphatic carbocycles. The Morgan fingerprint density at radius 1 is 1.32 bits per heavy atom. The zero-order chi connectivity index (χ0) is 15.5. The highest BCUT2D eigenvalue weighted by Crippen LogP contribution is 2.28. The maximum Gasteiger partial charge on any atom is 0.0793 e. The van der Waals surface area contributed by atoms with Gasteiger partial charge in [-0.2, -0.15) is 10.2 Å². The van der Waals surface area contributed by atoms with Crippen molar-refractivity contribution in [2.75, 3.05) is 19.7 Å². The lowest BCUT2D eigenvalue weighted by atomic mass is 9.93. The Hall–Kier alpha value is -1.66. The van der Waals surface area contributed by atoms with Gasteiger partial charge in [-0.15, -0.1) is 0 Å². The molecule has 2 aromatic heterocycles. The Bertz CT molecular complexity index is 610. The summed E-state index contributed by atoms with van der Waals surface area (Å²) in [4.78, 5) is 2.48. The highest BCUT2D eigenvalue weighted by atomic mass is 16.3. The van der Waals surface area contributed by atoms with Crippen molar-refractivity contribution in [2.24, 2.45) is 7.05 Å². The molecular weight excluding hydrogens is 278 g/mol. The maximum atomic E-state index is 9.12. The molecule has 0 radical (unpaired) electrons. The predicted octanol–water partition coefficient (Wildman–Crippen LogP) is 1.30. The first-order valence-electron chi connectivity index (χ1n) is 8.01. The minimum atomic E-state index is 0.145. The fourth-order valence-electron chi connectivity index (χ4n) is 3.38. The first-order chi connectivity index (χ1) is 10.7. The van der Waals surface area contributed by atoms with Gasteiger partial charge >= 0.3 is 0 Å². The van der Waals surface area contributed by atoms with Crippen LogP contribution in [0.4, 0.5) is 0 Å². The van der Waals surface area contributed by atoms with Crippen LogP contribution in [0.15, 0.2) is 18.5 Å². The molecule has 1 aliphatic rings. The quantitative estimate of drug-likeness (QED) is 0.904. The third-order valence-electron chi connectivity index (χ3n) is 4.55. The number of nitrogens with zero attached hydrogens (tertiary/aromatic N) is 5. The molecule has 0 bridgehead atoms. The SMILES string of the molecule is Cc1cn(C)nc1CN1CCC(c2ccnn2CCO)CC1. The van der Waals surface area contributed by atoms with Crippen LogP contribution in [-0.4, -0.2) is 49.3 Å². The molecule has 3 heterocycles. The van der Waals surface area contributed by atoms with E-state index in [0.717, 1.165) is 32.5 Å². The van der Waals surface area contributed by atoms with Gasteiger partial charge < -0.3 is 5.11 Å². The van der Waals surface area contributed by atoms with E-state index in [2.05, 4.69) is 34.3 Å². The van der Waals surface area contributed by atoms with Gasteiger partial charge in [0.1, 0.15) is 0 Å². The second-order valence-electron chi connectivity index (χ2n) is 6.19. The lowest BCUT2D eigenvalue weighted by molar-refractivity contribution is 0.196. The van der Waals surface area contributed by atoms with Gasteiger partial charge in [-0.1, -0.05) is 0 Å². The molecule has 0 saturated carbocycles. The molecule has 22 heavy (non-hydrogen) atoms. The van der Waals surface area contributed by atoms with Crippen molar-refractivity contribution in [2.45, 2.75) is 38.8 Å². The molecule has 1 saturated heterocycles. The van der Waals surface area contributed by atoms with Crippen LogP contribution in [0.1, 0.15) is 35.7 Å². The van der Waals surface area contributed by atoms with E-state index in [1.54, 1.807) is 0 Å². The van der Waals surface area contributed by atoms with Crippen LogP contribution < -0.4 is 0 Å². The van der Waals surface area contributed by atoms with E-state index >= 15 is 0 Å². The molecule has 6 nitrogen and oxygen atoms in total. The zero-order valence-corrected chi connectivity index (χ0v) is 13.4. The molecule has 2 aromatic rings. The highest BCUT2D eigenvalue weighted by Gasteiger charge is 2.23. The van der Waals surface area contributed by atoms with Crippen molar-refractivity contribution in [3.8, 4) is 0 Å². The lowest BCUT2D eigenvalue weighted by Crippen LogP contribution is -2.33. The molecular formula is C16H25N5O. The number of rotatable bonds is 5. The van der Waals surface area contributed by atoms with E-state index in [1.165, 1.54) is 17.0 Å². The minimum absolute atomic E-state index is 0.145. The van der Waals surface area contributed by atoms with Crippen molar-refractivity contribution >= 4 is 0 Å². The van der Waals surface area contributed by atoms with Crippen LogP contribution in [0.3, 0.4) is 0 Å². The summed E-state index contributed by atoms with van der Waals surface area (Å²) < 4.78 is 3.84. The number of piperidine rings is 1. The molecule has 0 spiro atoms. The van der Waals surface area contributed by atoms with Crippen LogP contribution in [0.2, 0.25) is 0 Å². The first kappa shape index (κ1) is 15.2. The smallest absolute Gasteiger partial charge is 0.0793 e. The Morgan fingerprint density at radius 3 is 2.73 bits per heavy atom. The number of likely N-dealkylation sites (tertiary alicyclic amines) is 1. The standard InChI is InChI=1S/C16H25N5O/c1-13-11-19(2)18-15(13)12-20-7-4-14(5-8-20)16-3-6-17-21(16)9-10-22/h3,6,11,14,22H,4-5,7-10,12H2,1-2H3. The number of hydrogen-bond donors (Lipinski definition) is 1. The number of aliphatic hydroxyl groups is 1. The second-order valence-corrected chi connectivity index (χ2v) is 6.19. The van der Waals surface area contributed by atoms with Crippen LogP contribution in [0.25, 0.3) is 0 Å². The van der Waals surface area contributed by atoms with Gasteiger partial charge in [-0.3, -0.25) is 14.3 Å². The van der Waals surface area contributed by atoms with Crippen molar-refractivity contribution in [1.82, 2.24) is 24.5 Å². The summed E-state index contributed by atoms with van der Waals surface area (Å²) in [6.45, 7) is 5.98. The summed E-state index contributed by atoms with van der Waals surface area (Å²) >= 11 is 0. The highest BCUT2D eigenvalue weighted by molar-refractivity contribution is 5.15. The largest absolute Gasteiger partial charge is 0.394 e. The Balaban J connectivity index is 1.58. The lowest BCUT2D eigenvalue weighted by Gasteiger charge is -2.31. The molecule has 1 aliphatic heterocycles. The fraction of sp³-hybridized carbons (Fsp3) is 0.625. The van der Waals surface area contributed by atoms with Crippen LogP contribution in [-0.2, 0) is 20.1 Å². The summed E-state index contributed by atoms with van der Waals surface area (Å²) in [6.07, 6.45) is 6.20. The predicted molar refractivity (Wildman–Crippen MR) is 84.5 cm³/mol. The Morgan fingerprint density at radius 2 is 2.09 bits per heavy atom. The van der Waals surface area contributed by atoms with Gasteiger partial charge in [0.05, 0.1) is 18.8 Å². The first-order valence-corrected chi connectivity index (χ1v) is 8.01. The molecule has 0 aromatic carbocycles. The van der Waals surface area contributed by atoms with Gasteiger partial charge in [0.2, 0.25) is 0 Å². The molecule has 1 N–H and O–H groups in total. The zero-order valence-electron chi connectivity index (χ0n) is 13.4. The third-order valence-corrected chi connectivity index (χ3v) is 4.55. The van der Waals surface area contributed by atoms with E-state index in [-0.39, 0.29) is 6.61 Å². The Kier molecular flexibility index (Phi) is 4.59. The van der Waals surface area contributed by atoms with Gasteiger partial charge in [-0.25, -0.2) is 0 Å². The Labute approximate surface area is 131 Å². The fourth-order valence-corrected chi connectivity index (χ4v) is 3.38. The van der Waals surface area contributed by atoms with Crippen molar-refractivity contribution in [3.05, 3.63) is 35.4 Å².